The molecule has 40 heavy (non-hydrogen) atoms. The minimum atomic E-state index is -1.07. The van der Waals surface area contributed by atoms with Crippen LogP contribution in [0.15, 0.2) is 91.3 Å². The Morgan fingerprint density at radius 1 is 0.950 bits per heavy atom. The lowest BCUT2D eigenvalue weighted by Gasteiger charge is -2.29. The molecule has 0 fully saturated rings. The van der Waals surface area contributed by atoms with Crippen LogP contribution in [0.2, 0.25) is 0 Å². The summed E-state index contributed by atoms with van der Waals surface area (Å²) in [6.07, 6.45) is 3.18. The van der Waals surface area contributed by atoms with Crippen LogP contribution in [0.3, 0.4) is 0 Å². The maximum Gasteiger partial charge on any atom is 0.247 e. The van der Waals surface area contributed by atoms with E-state index in [0.29, 0.717) is 22.8 Å². The average Bonchev–Trinajstić information content (AvgIpc) is 3.34. The van der Waals surface area contributed by atoms with E-state index < -0.39 is 11.8 Å². The number of anilines is 2. The second-order valence-corrected chi connectivity index (χ2v) is 9.84. The molecule has 0 bridgehead atoms. The molecule has 0 unspecified atom stereocenters. The number of nitrogens with zero attached hydrogens (tertiary/aromatic N) is 4. The third-order valence-corrected chi connectivity index (χ3v) is 6.94. The maximum absolute atomic E-state index is 13.9. The number of methoxy groups -OCH3 is 1. The first-order valence-corrected chi connectivity index (χ1v) is 13.1. The molecule has 9 heteroatoms. The van der Waals surface area contributed by atoms with Gasteiger partial charge in [-0.1, -0.05) is 36.4 Å². The van der Waals surface area contributed by atoms with Gasteiger partial charge in [0.25, 0.3) is 0 Å². The van der Waals surface area contributed by atoms with Gasteiger partial charge in [-0.3, -0.25) is 24.4 Å². The van der Waals surface area contributed by atoms with Crippen LogP contribution < -0.4 is 14.5 Å². The number of carbonyl (C=O) groups excluding carboxylic acids is 3. The zero-order chi connectivity index (χ0) is 28.2. The molecular weight excluding hydrogens is 506 g/mol. The lowest BCUT2D eigenvalue weighted by Crippen LogP contribution is -2.46. The summed E-state index contributed by atoms with van der Waals surface area (Å²) in [5.41, 5.74) is 2.76. The van der Waals surface area contributed by atoms with Gasteiger partial charge in [-0.15, -0.1) is 0 Å². The van der Waals surface area contributed by atoms with Crippen LogP contribution >= 0.6 is 0 Å². The van der Waals surface area contributed by atoms with Crippen molar-refractivity contribution in [1.82, 2.24) is 15.1 Å². The highest BCUT2D eigenvalue weighted by Crippen LogP contribution is 2.27. The van der Waals surface area contributed by atoms with Crippen molar-refractivity contribution in [2.75, 3.05) is 23.5 Å². The molecule has 1 aliphatic heterocycles. The number of ether oxygens (including phenoxy) is 1. The molecule has 9 nitrogen and oxygen atoms in total. The third kappa shape index (κ3) is 5.31. The Bertz CT molecular complexity index is 1550. The molecule has 1 aromatic heterocycles. The predicted molar refractivity (Wildman–Crippen MR) is 154 cm³/mol. The van der Waals surface area contributed by atoms with Gasteiger partial charge in [0.15, 0.2) is 0 Å². The number of aromatic amines is 1. The van der Waals surface area contributed by atoms with Gasteiger partial charge in [-0.2, -0.15) is 5.10 Å². The quantitative estimate of drug-likeness (QED) is 0.333. The van der Waals surface area contributed by atoms with E-state index >= 15 is 0 Å². The van der Waals surface area contributed by atoms with Crippen LogP contribution in [0.1, 0.15) is 19.5 Å². The minimum absolute atomic E-state index is 0.111. The van der Waals surface area contributed by atoms with E-state index in [-0.39, 0.29) is 30.8 Å². The molecule has 0 saturated heterocycles. The van der Waals surface area contributed by atoms with Crippen molar-refractivity contribution in [3.05, 3.63) is 97.0 Å². The predicted octanol–water partition coefficient (Wildman–Crippen LogP) is 4.52. The van der Waals surface area contributed by atoms with Crippen LogP contribution in [0.4, 0.5) is 11.4 Å². The Kier molecular flexibility index (Phi) is 7.63. The molecule has 0 spiro atoms. The Morgan fingerprint density at radius 3 is 2.35 bits per heavy atom. The van der Waals surface area contributed by atoms with Crippen LogP contribution in [0.25, 0.3) is 10.9 Å². The highest BCUT2D eigenvalue weighted by Gasteiger charge is 2.38. The number of aromatic nitrogens is 2. The van der Waals surface area contributed by atoms with Crippen LogP contribution in [-0.2, 0) is 20.8 Å². The number of H-pyrrole nitrogens is 1. The van der Waals surface area contributed by atoms with Gasteiger partial charge >= 0.3 is 0 Å². The van der Waals surface area contributed by atoms with Crippen molar-refractivity contribution in [3.8, 4) is 5.75 Å². The molecular formula is C31H31N5O4. The number of fused-ring (bicyclic) bond motifs is 1. The maximum atomic E-state index is 13.9. The second kappa shape index (κ2) is 11.4. The standard InChI is InChI=1S/C31H31N5O4/c1-21(2)36(23-13-15-24(40-3)16-14-23)29(37)20-34-17-18-35(22-9-5-4-6-10-22)31(39)26(30(34)38)19-28-25-11-7-8-12-27(25)32-33-28/h4-18,21,26H,19-20H2,1-3H3,(H,32,33)/t26-/m0/s1. The van der Waals surface area contributed by atoms with E-state index in [1.807, 2.05) is 68.4 Å². The van der Waals surface area contributed by atoms with Gasteiger partial charge in [-0.05, 0) is 56.3 Å². The summed E-state index contributed by atoms with van der Waals surface area (Å²) in [4.78, 5) is 45.9. The van der Waals surface area contributed by atoms with Gasteiger partial charge in [0, 0.05) is 47.3 Å². The zero-order valence-corrected chi connectivity index (χ0v) is 22.7. The summed E-state index contributed by atoms with van der Waals surface area (Å²) in [7, 11) is 1.58. The zero-order valence-electron chi connectivity index (χ0n) is 22.7. The lowest BCUT2D eigenvalue weighted by molar-refractivity contribution is -0.140. The third-order valence-electron chi connectivity index (χ3n) is 6.94. The number of hydrogen-bond donors (Lipinski definition) is 1. The van der Waals surface area contributed by atoms with Gasteiger partial charge in [0.2, 0.25) is 17.7 Å². The topological polar surface area (TPSA) is 98.8 Å². The van der Waals surface area contributed by atoms with Crippen LogP contribution in [-0.4, -0.2) is 52.5 Å². The number of carbonyl (C=O) groups is 3. The van der Waals surface area contributed by atoms with Crippen molar-refractivity contribution >= 4 is 40.0 Å². The molecule has 204 valence electrons. The number of amides is 3. The Hall–Kier alpha value is -4.92. The molecule has 0 radical (unpaired) electrons. The van der Waals surface area contributed by atoms with Crippen LogP contribution in [0, 0.1) is 5.92 Å². The largest absolute Gasteiger partial charge is 0.497 e. The molecule has 3 amide bonds. The van der Waals surface area contributed by atoms with E-state index in [9.17, 15) is 14.4 Å². The number of rotatable bonds is 8. The summed E-state index contributed by atoms with van der Waals surface area (Å²) in [5.74, 6) is -1.49. The van der Waals surface area contributed by atoms with Crippen molar-refractivity contribution < 1.29 is 19.1 Å². The van der Waals surface area contributed by atoms with Gasteiger partial charge in [0.05, 0.1) is 12.6 Å². The van der Waals surface area contributed by atoms with Gasteiger partial charge in [0.1, 0.15) is 18.2 Å². The number of hydrogen-bond acceptors (Lipinski definition) is 5. The summed E-state index contributed by atoms with van der Waals surface area (Å²) in [5, 5.41) is 8.18. The Balaban J connectivity index is 1.47. The fourth-order valence-corrected chi connectivity index (χ4v) is 4.94. The van der Waals surface area contributed by atoms with E-state index in [1.54, 1.807) is 42.5 Å². The van der Waals surface area contributed by atoms with Crippen LogP contribution in [0.5, 0.6) is 5.75 Å². The molecule has 5 rings (SSSR count). The fourth-order valence-electron chi connectivity index (χ4n) is 4.94. The first-order chi connectivity index (χ1) is 19.4. The minimum Gasteiger partial charge on any atom is -0.497 e. The summed E-state index contributed by atoms with van der Waals surface area (Å²) >= 11 is 0. The second-order valence-electron chi connectivity index (χ2n) is 9.84. The molecule has 1 aliphatic rings. The van der Waals surface area contributed by atoms with Gasteiger partial charge < -0.3 is 14.5 Å². The fraction of sp³-hybridized carbons (Fsp3) is 0.226. The summed E-state index contributed by atoms with van der Waals surface area (Å²) in [6.45, 7) is 3.60. The number of para-hydroxylation sites is 2. The smallest absolute Gasteiger partial charge is 0.247 e. The van der Waals surface area contributed by atoms with E-state index in [2.05, 4.69) is 10.2 Å². The molecule has 2 heterocycles. The first-order valence-electron chi connectivity index (χ1n) is 13.1. The average molecular weight is 538 g/mol. The normalized spacial score (nSPS) is 15.6. The molecule has 1 N–H and O–H groups in total. The van der Waals surface area contributed by atoms with Crippen molar-refractivity contribution in [2.24, 2.45) is 5.92 Å². The van der Waals surface area contributed by atoms with Gasteiger partial charge in [-0.25, -0.2) is 0 Å². The monoisotopic (exact) mass is 537 g/mol. The van der Waals surface area contributed by atoms with Crippen molar-refractivity contribution in [3.63, 3.8) is 0 Å². The lowest BCUT2D eigenvalue weighted by atomic mass is 9.98. The number of benzene rings is 3. The van der Waals surface area contributed by atoms with Crippen molar-refractivity contribution in [2.45, 2.75) is 26.3 Å². The SMILES string of the molecule is COc1ccc(N(C(=O)CN2C=CN(c3ccccc3)C(=O)[C@@H](Cc3[nH]nc4ccccc34)C2=O)C(C)C)cc1. The summed E-state index contributed by atoms with van der Waals surface area (Å²) < 4.78 is 5.25. The molecule has 3 aromatic carbocycles. The van der Waals surface area contributed by atoms with E-state index in [1.165, 1.54) is 16.0 Å². The molecule has 0 aliphatic carbocycles. The van der Waals surface area contributed by atoms with E-state index in [0.717, 1.165) is 10.9 Å². The molecule has 0 saturated carbocycles. The van der Waals surface area contributed by atoms with E-state index in [4.69, 9.17) is 4.74 Å². The molecule has 4 aromatic rings. The Morgan fingerprint density at radius 2 is 1.65 bits per heavy atom. The number of nitrogens with one attached hydrogen (secondary N) is 1. The first kappa shape index (κ1) is 26.7. The molecule has 1 atom stereocenters. The highest BCUT2D eigenvalue weighted by molar-refractivity contribution is 6.11. The Labute approximate surface area is 232 Å². The van der Waals surface area contributed by atoms with Crippen molar-refractivity contribution in [1.29, 1.82) is 0 Å². The highest BCUT2D eigenvalue weighted by atomic mass is 16.5. The summed E-state index contributed by atoms with van der Waals surface area (Å²) in [6, 6.07) is 23.7.